The summed E-state index contributed by atoms with van der Waals surface area (Å²) >= 11 is 0. The Kier molecular flexibility index (Phi) is 3.04. The summed E-state index contributed by atoms with van der Waals surface area (Å²) in [6.07, 6.45) is 7.83. The molecule has 0 aliphatic heterocycles. The third kappa shape index (κ3) is 2.04. The summed E-state index contributed by atoms with van der Waals surface area (Å²) in [5.74, 6) is 3.41. The van der Waals surface area contributed by atoms with Crippen LogP contribution in [0.1, 0.15) is 46.5 Å². The minimum atomic E-state index is 0.803. The minimum Gasteiger partial charge on any atom is -0.0958 e. The lowest BCUT2D eigenvalue weighted by Crippen LogP contribution is -2.30. The molecule has 0 aromatic rings. The molecule has 3 atom stereocenters. The summed E-state index contributed by atoms with van der Waals surface area (Å²) < 4.78 is 0. The van der Waals surface area contributed by atoms with Crippen molar-refractivity contribution in [2.24, 2.45) is 23.7 Å². The van der Waals surface area contributed by atoms with Gasteiger partial charge in [-0.2, -0.15) is 0 Å². The van der Waals surface area contributed by atoms with Gasteiger partial charge < -0.3 is 0 Å². The second kappa shape index (κ2) is 4.15. The van der Waals surface area contributed by atoms with Gasteiger partial charge >= 0.3 is 0 Å². The maximum absolute atomic E-state index is 4.15. The van der Waals surface area contributed by atoms with E-state index >= 15 is 0 Å². The van der Waals surface area contributed by atoms with E-state index in [1.54, 1.807) is 5.57 Å². The van der Waals surface area contributed by atoms with E-state index < -0.39 is 0 Å². The lowest BCUT2D eigenvalue weighted by atomic mass is 9.64. The SMILES string of the molecule is C=C1C=C2C(C(C)C)CC[C@@H](C)C2CC1. The first-order chi connectivity index (χ1) is 7.09. The normalized spacial score (nSPS) is 36.4. The van der Waals surface area contributed by atoms with Crippen LogP contribution in [0.2, 0.25) is 0 Å². The average molecular weight is 204 g/mol. The molecule has 1 fully saturated rings. The lowest BCUT2D eigenvalue weighted by molar-refractivity contribution is 0.224. The third-order valence-corrected chi connectivity index (χ3v) is 4.43. The highest BCUT2D eigenvalue weighted by Gasteiger charge is 2.35. The van der Waals surface area contributed by atoms with Crippen LogP contribution in [0.4, 0.5) is 0 Å². The molecule has 0 nitrogen and oxygen atoms in total. The number of fused-ring (bicyclic) bond motifs is 1. The first-order valence-corrected chi connectivity index (χ1v) is 6.49. The predicted octanol–water partition coefficient (Wildman–Crippen LogP) is 4.58. The van der Waals surface area contributed by atoms with E-state index in [1.165, 1.54) is 31.3 Å². The van der Waals surface area contributed by atoms with E-state index in [0.29, 0.717) is 0 Å². The van der Waals surface area contributed by atoms with Crippen molar-refractivity contribution in [2.45, 2.75) is 46.5 Å². The van der Waals surface area contributed by atoms with Crippen LogP contribution < -0.4 is 0 Å². The molecule has 0 heteroatoms. The molecule has 1 saturated carbocycles. The Morgan fingerprint density at radius 1 is 1.27 bits per heavy atom. The molecule has 84 valence electrons. The van der Waals surface area contributed by atoms with Crippen molar-refractivity contribution in [1.29, 1.82) is 0 Å². The monoisotopic (exact) mass is 204 g/mol. The zero-order valence-electron chi connectivity index (χ0n) is 10.4. The maximum Gasteiger partial charge on any atom is -0.0168 e. The highest BCUT2D eigenvalue weighted by molar-refractivity contribution is 5.30. The number of hydrogen-bond donors (Lipinski definition) is 0. The van der Waals surface area contributed by atoms with Crippen LogP contribution in [0.3, 0.4) is 0 Å². The van der Waals surface area contributed by atoms with Crippen molar-refractivity contribution in [3.63, 3.8) is 0 Å². The van der Waals surface area contributed by atoms with Crippen molar-refractivity contribution >= 4 is 0 Å². The van der Waals surface area contributed by atoms with Gasteiger partial charge in [-0.1, -0.05) is 44.6 Å². The van der Waals surface area contributed by atoms with Crippen LogP contribution >= 0.6 is 0 Å². The minimum absolute atomic E-state index is 0.803. The molecular weight excluding hydrogens is 180 g/mol. The van der Waals surface area contributed by atoms with Gasteiger partial charge in [0.2, 0.25) is 0 Å². The maximum atomic E-state index is 4.15. The summed E-state index contributed by atoms with van der Waals surface area (Å²) in [6, 6.07) is 0. The second-order valence-corrected chi connectivity index (χ2v) is 5.85. The summed E-state index contributed by atoms with van der Waals surface area (Å²) in [7, 11) is 0. The Hall–Kier alpha value is -0.520. The van der Waals surface area contributed by atoms with E-state index in [4.69, 9.17) is 0 Å². The zero-order valence-corrected chi connectivity index (χ0v) is 10.4. The van der Waals surface area contributed by atoms with Crippen LogP contribution in [0.25, 0.3) is 0 Å². The van der Waals surface area contributed by atoms with Gasteiger partial charge in [-0.3, -0.25) is 0 Å². The van der Waals surface area contributed by atoms with Crippen molar-refractivity contribution in [1.82, 2.24) is 0 Å². The van der Waals surface area contributed by atoms with Crippen molar-refractivity contribution < 1.29 is 0 Å². The molecule has 0 heterocycles. The molecule has 2 aliphatic carbocycles. The highest BCUT2D eigenvalue weighted by Crippen LogP contribution is 2.46. The third-order valence-electron chi connectivity index (χ3n) is 4.43. The van der Waals surface area contributed by atoms with Crippen LogP contribution in [0.5, 0.6) is 0 Å². The van der Waals surface area contributed by atoms with Gasteiger partial charge in [0.15, 0.2) is 0 Å². The summed E-state index contributed by atoms with van der Waals surface area (Å²) in [4.78, 5) is 0. The average Bonchev–Trinajstić information content (AvgIpc) is 2.17. The second-order valence-electron chi connectivity index (χ2n) is 5.85. The van der Waals surface area contributed by atoms with Crippen LogP contribution in [0.15, 0.2) is 23.8 Å². The molecule has 0 radical (unpaired) electrons. The van der Waals surface area contributed by atoms with Gasteiger partial charge in [0.05, 0.1) is 0 Å². The summed E-state index contributed by atoms with van der Waals surface area (Å²) in [5, 5.41) is 0. The molecular formula is C15H24. The van der Waals surface area contributed by atoms with Crippen molar-refractivity contribution in [2.75, 3.05) is 0 Å². The van der Waals surface area contributed by atoms with Crippen LogP contribution in [0, 0.1) is 23.7 Å². The van der Waals surface area contributed by atoms with Gasteiger partial charge in [0.1, 0.15) is 0 Å². The molecule has 0 N–H and O–H groups in total. The predicted molar refractivity (Wildman–Crippen MR) is 66.7 cm³/mol. The Labute approximate surface area is 94.5 Å². The smallest absolute Gasteiger partial charge is 0.0168 e. The van der Waals surface area contributed by atoms with Gasteiger partial charge in [0, 0.05) is 0 Å². The first-order valence-electron chi connectivity index (χ1n) is 6.49. The topological polar surface area (TPSA) is 0 Å². The van der Waals surface area contributed by atoms with Crippen molar-refractivity contribution in [3.05, 3.63) is 23.8 Å². The fourth-order valence-electron chi connectivity index (χ4n) is 3.45. The lowest BCUT2D eigenvalue weighted by Gasteiger charge is -2.41. The van der Waals surface area contributed by atoms with E-state index in [9.17, 15) is 0 Å². The molecule has 0 amide bonds. The Morgan fingerprint density at radius 2 is 2.00 bits per heavy atom. The van der Waals surface area contributed by atoms with Gasteiger partial charge in [0.25, 0.3) is 0 Å². The van der Waals surface area contributed by atoms with E-state index in [2.05, 4.69) is 33.4 Å². The number of allylic oxidation sites excluding steroid dienone is 3. The number of hydrogen-bond acceptors (Lipinski definition) is 0. The highest BCUT2D eigenvalue weighted by atomic mass is 14.4. The zero-order chi connectivity index (χ0) is 11.0. The fourth-order valence-corrected chi connectivity index (χ4v) is 3.45. The molecule has 0 aromatic heterocycles. The molecule has 0 saturated heterocycles. The Balaban J connectivity index is 2.27. The van der Waals surface area contributed by atoms with E-state index in [-0.39, 0.29) is 0 Å². The molecule has 0 bridgehead atoms. The molecule has 0 spiro atoms. The van der Waals surface area contributed by atoms with Gasteiger partial charge in [-0.25, -0.2) is 0 Å². The van der Waals surface area contributed by atoms with E-state index in [1.807, 2.05) is 0 Å². The first kappa shape index (κ1) is 11.0. The molecule has 2 unspecified atom stereocenters. The van der Waals surface area contributed by atoms with E-state index in [0.717, 1.165) is 23.7 Å². The van der Waals surface area contributed by atoms with Gasteiger partial charge in [-0.15, -0.1) is 0 Å². The standard InChI is InChI=1S/C15H24/c1-10(2)13-8-6-12(4)14-7-5-11(3)9-15(13)14/h9-10,12-14H,3,5-8H2,1-2,4H3/t12-,13?,14?/m1/s1. The van der Waals surface area contributed by atoms with Crippen molar-refractivity contribution in [3.8, 4) is 0 Å². The Bertz CT molecular complexity index is 282. The Morgan fingerprint density at radius 3 is 2.67 bits per heavy atom. The fraction of sp³-hybridized carbons (Fsp3) is 0.733. The summed E-state index contributed by atoms with van der Waals surface area (Å²) in [6.45, 7) is 11.3. The molecule has 0 aromatic carbocycles. The van der Waals surface area contributed by atoms with Gasteiger partial charge in [-0.05, 0) is 49.4 Å². The summed E-state index contributed by atoms with van der Waals surface area (Å²) in [5.41, 5.74) is 3.10. The van der Waals surface area contributed by atoms with Crippen LogP contribution in [-0.4, -0.2) is 0 Å². The number of rotatable bonds is 1. The van der Waals surface area contributed by atoms with Crippen LogP contribution in [-0.2, 0) is 0 Å². The molecule has 2 aliphatic rings. The quantitative estimate of drug-likeness (QED) is 0.586. The largest absolute Gasteiger partial charge is 0.0958 e. The molecule has 15 heavy (non-hydrogen) atoms. The molecule has 2 rings (SSSR count).